The summed E-state index contributed by atoms with van der Waals surface area (Å²) < 4.78 is 32.7. The molecule has 0 saturated heterocycles. The Morgan fingerprint density at radius 1 is 1.32 bits per heavy atom. The Morgan fingerprint density at radius 3 is 2.54 bits per heavy atom. The molecule has 0 bridgehead atoms. The van der Waals surface area contributed by atoms with Crippen LogP contribution in [0.5, 0.6) is 0 Å². The van der Waals surface area contributed by atoms with Gasteiger partial charge >= 0.3 is 5.97 Å². The second-order valence-electron chi connectivity index (χ2n) is 7.77. The van der Waals surface area contributed by atoms with E-state index in [1.165, 1.54) is 25.6 Å². The highest BCUT2D eigenvalue weighted by molar-refractivity contribution is 9.10. The van der Waals surface area contributed by atoms with Crippen LogP contribution in [0.4, 0.5) is 10.2 Å². The van der Waals surface area contributed by atoms with Gasteiger partial charge < -0.3 is 14.6 Å². The minimum atomic E-state index is -2.95. The third kappa shape index (κ3) is 6.38. The summed E-state index contributed by atoms with van der Waals surface area (Å²) in [5.74, 6) is -1.84. The lowest BCUT2D eigenvalue weighted by Gasteiger charge is -2.27. The molecule has 0 amide bonds. The van der Waals surface area contributed by atoms with E-state index < -0.39 is 24.5 Å². The van der Waals surface area contributed by atoms with E-state index in [-0.39, 0.29) is 18.1 Å². The maximum atomic E-state index is 14.1. The smallest absolute Gasteiger partial charge is 0.336 e. The van der Waals surface area contributed by atoms with E-state index in [2.05, 4.69) is 31.2 Å². The van der Waals surface area contributed by atoms with Gasteiger partial charge in [-0.15, -0.1) is 0 Å². The molecule has 2 aromatic rings. The number of benzene rings is 1. The highest BCUT2D eigenvalue weighted by atomic mass is 79.9. The van der Waals surface area contributed by atoms with Gasteiger partial charge in [0.25, 0.3) is 0 Å². The SMILES string of the molecule is CC(C)(C)OC(=O)C(Nc1ncc(Br)nc1Cc1ccccc1F)P(C)(C)=O. The predicted octanol–water partition coefficient (Wildman–Crippen LogP) is 4.67. The Labute approximate surface area is 172 Å². The third-order valence-corrected chi connectivity index (χ3v) is 5.62. The van der Waals surface area contributed by atoms with Gasteiger partial charge in [0.1, 0.15) is 29.0 Å². The molecule has 2 rings (SSSR count). The Kier molecular flexibility index (Phi) is 6.99. The van der Waals surface area contributed by atoms with Gasteiger partial charge in [0.2, 0.25) is 0 Å². The number of esters is 1. The number of hydrogen-bond donors (Lipinski definition) is 1. The van der Waals surface area contributed by atoms with Crippen LogP contribution >= 0.6 is 23.1 Å². The number of hydrogen-bond acceptors (Lipinski definition) is 6. The van der Waals surface area contributed by atoms with E-state index in [1.54, 1.807) is 39.0 Å². The molecule has 0 saturated carbocycles. The van der Waals surface area contributed by atoms with Crippen molar-refractivity contribution in [2.24, 2.45) is 0 Å². The normalized spacial score (nSPS) is 13.1. The maximum absolute atomic E-state index is 14.1. The van der Waals surface area contributed by atoms with Crippen molar-refractivity contribution in [3.63, 3.8) is 0 Å². The van der Waals surface area contributed by atoms with E-state index in [0.29, 0.717) is 15.9 Å². The van der Waals surface area contributed by atoms with Crippen molar-refractivity contribution in [2.45, 2.75) is 38.6 Å². The number of aromatic nitrogens is 2. The Hall–Kier alpha value is -1.79. The summed E-state index contributed by atoms with van der Waals surface area (Å²) in [6.07, 6.45) is 1.61. The number of nitrogens with zero attached hydrogens (tertiary/aromatic N) is 2. The average Bonchev–Trinajstić information content (AvgIpc) is 2.53. The van der Waals surface area contributed by atoms with Gasteiger partial charge in [0.05, 0.1) is 11.9 Å². The van der Waals surface area contributed by atoms with Crippen LogP contribution in [0.1, 0.15) is 32.0 Å². The number of halogens is 2. The quantitative estimate of drug-likeness (QED) is 0.486. The lowest BCUT2D eigenvalue weighted by atomic mass is 10.1. The first-order valence-corrected chi connectivity index (χ1v) is 12.1. The zero-order chi connectivity index (χ0) is 21.1. The summed E-state index contributed by atoms with van der Waals surface area (Å²) in [4.78, 5) is 21.3. The molecule has 152 valence electrons. The van der Waals surface area contributed by atoms with E-state index in [1.807, 2.05) is 0 Å². The summed E-state index contributed by atoms with van der Waals surface area (Å²) in [6, 6.07) is 6.35. The van der Waals surface area contributed by atoms with Gasteiger partial charge in [-0.25, -0.2) is 19.2 Å². The number of nitrogens with one attached hydrogen (secondary N) is 1. The van der Waals surface area contributed by atoms with Crippen molar-refractivity contribution in [3.05, 3.63) is 52.1 Å². The average molecular weight is 472 g/mol. The molecule has 28 heavy (non-hydrogen) atoms. The second-order valence-corrected chi connectivity index (χ2v) is 12.0. The fourth-order valence-corrected chi connectivity index (χ4v) is 3.73. The lowest BCUT2D eigenvalue weighted by Crippen LogP contribution is -2.36. The first-order valence-electron chi connectivity index (χ1n) is 8.66. The van der Waals surface area contributed by atoms with Crippen molar-refractivity contribution in [1.82, 2.24) is 9.97 Å². The number of carbonyl (C=O) groups is 1. The number of ether oxygens (including phenoxy) is 1. The van der Waals surface area contributed by atoms with Crippen LogP contribution in [0.2, 0.25) is 0 Å². The number of rotatable bonds is 6. The van der Waals surface area contributed by atoms with Crippen molar-refractivity contribution in [2.75, 3.05) is 18.6 Å². The first-order chi connectivity index (χ1) is 12.9. The third-order valence-electron chi connectivity index (χ3n) is 3.66. The van der Waals surface area contributed by atoms with Crippen LogP contribution in [0, 0.1) is 5.82 Å². The second kappa shape index (κ2) is 8.70. The lowest BCUT2D eigenvalue weighted by molar-refractivity contribution is -0.153. The van der Waals surface area contributed by atoms with Crippen molar-refractivity contribution < 1.29 is 18.5 Å². The minimum absolute atomic E-state index is 0.153. The molecule has 1 aromatic heterocycles. The molecule has 1 atom stereocenters. The van der Waals surface area contributed by atoms with Gasteiger partial charge in [-0.05, 0) is 61.7 Å². The van der Waals surface area contributed by atoms with Crippen LogP contribution in [0.3, 0.4) is 0 Å². The molecule has 0 aliphatic carbocycles. The highest BCUT2D eigenvalue weighted by Gasteiger charge is 2.35. The van der Waals surface area contributed by atoms with E-state index in [9.17, 15) is 13.8 Å². The van der Waals surface area contributed by atoms with Crippen LogP contribution in [0.25, 0.3) is 0 Å². The minimum Gasteiger partial charge on any atom is -0.458 e. The summed E-state index contributed by atoms with van der Waals surface area (Å²) in [7, 11) is -2.95. The fourth-order valence-electron chi connectivity index (χ4n) is 2.42. The topological polar surface area (TPSA) is 81.2 Å². The van der Waals surface area contributed by atoms with Crippen molar-refractivity contribution in [1.29, 1.82) is 0 Å². The van der Waals surface area contributed by atoms with Gasteiger partial charge in [0, 0.05) is 6.42 Å². The summed E-state index contributed by atoms with van der Waals surface area (Å²) >= 11 is 3.26. The van der Waals surface area contributed by atoms with Crippen molar-refractivity contribution >= 4 is 34.9 Å². The molecule has 0 fully saturated rings. The zero-order valence-electron chi connectivity index (χ0n) is 16.5. The molecule has 1 heterocycles. The molecule has 1 aromatic carbocycles. The van der Waals surface area contributed by atoms with Crippen LogP contribution in [-0.4, -0.2) is 40.7 Å². The number of anilines is 1. The Morgan fingerprint density at radius 2 is 1.96 bits per heavy atom. The zero-order valence-corrected chi connectivity index (χ0v) is 19.0. The van der Waals surface area contributed by atoms with Gasteiger partial charge in [-0.3, -0.25) is 0 Å². The molecular formula is C19H24BrFN3O3P. The van der Waals surface area contributed by atoms with E-state index in [0.717, 1.165) is 0 Å². The van der Waals surface area contributed by atoms with Gasteiger partial charge in [0.15, 0.2) is 5.78 Å². The predicted molar refractivity (Wildman–Crippen MR) is 112 cm³/mol. The molecule has 0 spiro atoms. The molecule has 1 N–H and O–H groups in total. The van der Waals surface area contributed by atoms with Gasteiger partial charge in [-0.1, -0.05) is 18.2 Å². The molecule has 0 aliphatic rings. The highest BCUT2D eigenvalue weighted by Crippen LogP contribution is 2.44. The Bertz CT molecular complexity index is 912. The van der Waals surface area contributed by atoms with E-state index in [4.69, 9.17) is 4.74 Å². The first kappa shape index (κ1) is 22.5. The Balaban J connectivity index is 2.38. The molecule has 9 heteroatoms. The monoisotopic (exact) mass is 471 g/mol. The van der Waals surface area contributed by atoms with Crippen LogP contribution in [0.15, 0.2) is 35.1 Å². The standard InChI is InChI=1S/C19H24BrFN3O3P/c1-19(2,3)27-18(25)17(28(4,5)26)24-16-14(23-15(20)11-22-16)10-12-8-6-7-9-13(12)21/h6-9,11,17H,10H2,1-5H3,(H,22,24). The summed E-state index contributed by atoms with van der Waals surface area (Å²) in [5.41, 5.74) is 0.123. The van der Waals surface area contributed by atoms with Crippen molar-refractivity contribution in [3.8, 4) is 0 Å². The van der Waals surface area contributed by atoms with E-state index >= 15 is 0 Å². The molecule has 1 unspecified atom stereocenters. The largest absolute Gasteiger partial charge is 0.458 e. The molecular weight excluding hydrogens is 448 g/mol. The summed E-state index contributed by atoms with van der Waals surface area (Å²) in [6.45, 7) is 8.21. The van der Waals surface area contributed by atoms with Crippen LogP contribution < -0.4 is 5.32 Å². The molecule has 6 nitrogen and oxygen atoms in total. The molecule has 0 aliphatic heterocycles. The fraction of sp³-hybridized carbons (Fsp3) is 0.421. The summed E-state index contributed by atoms with van der Waals surface area (Å²) in [5, 5.41) is 2.92. The maximum Gasteiger partial charge on any atom is 0.336 e. The molecule has 0 radical (unpaired) electrons. The van der Waals surface area contributed by atoms with Gasteiger partial charge in [-0.2, -0.15) is 0 Å². The van der Waals surface area contributed by atoms with Crippen LogP contribution in [-0.2, 0) is 20.5 Å². The number of carbonyl (C=O) groups excluding carboxylic acids is 1.